The van der Waals surface area contributed by atoms with E-state index in [0.29, 0.717) is 43.5 Å². The maximum atomic E-state index is 14.0. The van der Waals surface area contributed by atoms with Gasteiger partial charge < -0.3 is 5.32 Å². The molecule has 1 heterocycles. The molecule has 0 bridgehead atoms. The summed E-state index contributed by atoms with van der Waals surface area (Å²) in [4.78, 5) is 15.1. The summed E-state index contributed by atoms with van der Waals surface area (Å²) in [5, 5.41) is 11.9. The minimum atomic E-state index is -4.75. The Morgan fingerprint density at radius 3 is 2.64 bits per heavy atom. The fourth-order valence-electron chi connectivity index (χ4n) is 8.05. The van der Waals surface area contributed by atoms with Gasteiger partial charge in [-0.3, -0.25) is 9.69 Å². The lowest BCUT2D eigenvalue weighted by Gasteiger charge is -2.29. The molecule has 2 aromatic carbocycles. The minimum absolute atomic E-state index is 0.00178. The van der Waals surface area contributed by atoms with Crippen molar-refractivity contribution < 1.29 is 31.1 Å². The Bertz CT molecular complexity index is 1400. The van der Waals surface area contributed by atoms with Crippen molar-refractivity contribution >= 4 is 11.6 Å². The molecular weight excluding hydrogens is 556 g/mol. The van der Waals surface area contributed by atoms with Crippen LogP contribution in [0, 0.1) is 46.7 Å². The maximum absolute atomic E-state index is 14.0. The van der Waals surface area contributed by atoms with Crippen molar-refractivity contribution in [3.63, 3.8) is 0 Å². The molecule has 4 fully saturated rings. The largest absolute Gasteiger partial charge is 0.416 e. The molecule has 1 saturated heterocycles. The van der Waals surface area contributed by atoms with E-state index in [9.17, 15) is 36.4 Å². The highest BCUT2D eigenvalue weighted by Crippen LogP contribution is 2.68. The van der Waals surface area contributed by atoms with Gasteiger partial charge in [0.15, 0.2) is 0 Å². The first-order chi connectivity index (χ1) is 19.9. The highest BCUT2D eigenvalue weighted by Gasteiger charge is 2.63. The van der Waals surface area contributed by atoms with E-state index in [1.54, 1.807) is 11.0 Å². The third kappa shape index (κ3) is 5.77. The summed E-state index contributed by atoms with van der Waals surface area (Å²) in [5.74, 6) is -3.82. The molecule has 0 spiro atoms. The maximum Gasteiger partial charge on any atom is 0.416 e. The number of likely N-dealkylation sites (tertiary alicyclic amines) is 1. The van der Waals surface area contributed by atoms with Crippen LogP contribution >= 0.6 is 0 Å². The normalized spacial score (nSPS) is 31.7. The van der Waals surface area contributed by atoms with Gasteiger partial charge in [0.2, 0.25) is 5.91 Å². The number of nitriles is 1. The molecule has 10 heteroatoms. The Labute approximate surface area is 241 Å². The SMILES string of the molecule is N#Cc1cccc([C@]23CC[C@@H](C4C(CCCN5CCC(F)(F)C5)C4C(=O)Nc4cc(F)cc(C(F)(F)F)c4)CC2C3)c1. The predicted octanol–water partition coefficient (Wildman–Crippen LogP) is 7.40. The van der Waals surface area contributed by atoms with Crippen molar-refractivity contribution in [2.45, 2.75) is 62.5 Å². The van der Waals surface area contributed by atoms with Crippen LogP contribution in [0.3, 0.4) is 0 Å². The van der Waals surface area contributed by atoms with E-state index in [-0.39, 0.29) is 41.8 Å². The van der Waals surface area contributed by atoms with Crippen molar-refractivity contribution in [1.29, 1.82) is 5.26 Å². The first-order valence-corrected chi connectivity index (χ1v) is 14.7. The molecule has 0 radical (unpaired) electrons. The van der Waals surface area contributed by atoms with Gasteiger partial charge in [-0.25, -0.2) is 13.2 Å². The average Bonchev–Trinajstić information content (AvgIpc) is 3.81. The second-order valence-electron chi connectivity index (χ2n) is 12.8. The Hall–Kier alpha value is -3.06. The summed E-state index contributed by atoms with van der Waals surface area (Å²) < 4.78 is 80.9. The van der Waals surface area contributed by atoms with E-state index in [4.69, 9.17) is 0 Å². The Balaban J connectivity index is 1.14. The Kier molecular flexibility index (Phi) is 7.32. The lowest BCUT2D eigenvalue weighted by molar-refractivity contribution is -0.137. The van der Waals surface area contributed by atoms with E-state index >= 15 is 0 Å². The zero-order valence-corrected chi connectivity index (χ0v) is 23.1. The van der Waals surface area contributed by atoms with Crippen molar-refractivity contribution in [3.8, 4) is 6.07 Å². The van der Waals surface area contributed by atoms with Crippen molar-refractivity contribution in [2.75, 3.05) is 25.0 Å². The number of carbonyl (C=O) groups is 1. The quantitative estimate of drug-likeness (QED) is 0.327. The van der Waals surface area contributed by atoms with Crippen molar-refractivity contribution in [2.24, 2.45) is 29.6 Å². The first kappa shape index (κ1) is 29.0. The highest BCUT2D eigenvalue weighted by molar-refractivity contribution is 5.95. The molecule has 42 heavy (non-hydrogen) atoms. The number of amides is 1. The summed E-state index contributed by atoms with van der Waals surface area (Å²) in [5.41, 5.74) is 0.485. The van der Waals surface area contributed by atoms with Gasteiger partial charge in [-0.05, 0) is 110 Å². The van der Waals surface area contributed by atoms with Crippen LogP contribution in [0.4, 0.5) is 32.0 Å². The lowest BCUT2D eigenvalue weighted by atomic mass is 9.75. The average molecular weight is 590 g/mol. The second-order valence-corrected chi connectivity index (χ2v) is 12.8. The zero-order chi connectivity index (χ0) is 29.9. The molecular formula is C32H33F6N3O. The van der Waals surface area contributed by atoms with Crippen LogP contribution in [0.25, 0.3) is 0 Å². The van der Waals surface area contributed by atoms with Gasteiger partial charge in [-0.1, -0.05) is 12.1 Å². The third-order valence-corrected chi connectivity index (χ3v) is 10.2. The van der Waals surface area contributed by atoms with Crippen LogP contribution in [-0.4, -0.2) is 36.4 Å². The van der Waals surface area contributed by atoms with E-state index in [1.807, 2.05) is 12.1 Å². The van der Waals surface area contributed by atoms with E-state index in [1.165, 1.54) is 5.56 Å². The van der Waals surface area contributed by atoms with Gasteiger partial charge in [0.25, 0.3) is 5.92 Å². The number of hydrogen-bond donors (Lipinski definition) is 1. The number of halogens is 6. The second kappa shape index (κ2) is 10.6. The lowest BCUT2D eigenvalue weighted by Crippen LogP contribution is -2.26. The van der Waals surface area contributed by atoms with Crippen molar-refractivity contribution in [1.82, 2.24) is 4.90 Å². The molecule has 1 N–H and O–H groups in total. The minimum Gasteiger partial charge on any atom is -0.326 e. The fraction of sp³-hybridized carbons (Fsp3) is 0.562. The zero-order valence-electron chi connectivity index (χ0n) is 23.1. The number of rotatable bonds is 8. The number of nitrogens with one attached hydrogen (secondary N) is 1. The van der Waals surface area contributed by atoms with Crippen LogP contribution in [0.1, 0.15) is 61.6 Å². The summed E-state index contributed by atoms with van der Waals surface area (Å²) >= 11 is 0. The van der Waals surface area contributed by atoms with Crippen LogP contribution < -0.4 is 5.32 Å². The molecule has 4 nitrogen and oxygen atoms in total. The van der Waals surface area contributed by atoms with Crippen LogP contribution in [0.5, 0.6) is 0 Å². The molecule has 2 aromatic rings. The number of alkyl halides is 5. The van der Waals surface area contributed by atoms with Crippen LogP contribution in [-0.2, 0) is 16.4 Å². The first-order valence-electron chi connectivity index (χ1n) is 14.7. The van der Waals surface area contributed by atoms with E-state index < -0.39 is 35.3 Å². The molecule has 3 aliphatic carbocycles. The molecule has 1 amide bonds. The molecule has 4 aliphatic rings. The number of anilines is 1. The molecule has 0 aromatic heterocycles. The molecule has 4 unspecified atom stereocenters. The number of hydrogen-bond acceptors (Lipinski definition) is 3. The molecule has 3 saturated carbocycles. The topological polar surface area (TPSA) is 56.1 Å². The Morgan fingerprint density at radius 1 is 1.14 bits per heavy atom. The fourth-order valence-corrected chi connectivity index (χ4v) is 8.05. The Morgan fingerprint density at radius 2 is 1.95 bits per heavy atom. The van der Waals surface area contributed by atoms with Gasteiger partial charge in [0.1, 0.15) is 5.82 Å². The van der Waals surface area contributed by atoms with Crippen LogP contribution in [0.2, 0.25) is 0 Å². The van der Waals surface area contributed by atoms with Gasteiger partial charge >= 0.3 is 6.18 Å². The number of fused-ring (bicyclic) bond motifs is 1. The summed E-state index contributed by atoms with van der Waals surface area (Å²) in [6, 6.07) is 12.0. The van der Waals surface area contributed by atoms with E-state index in [0.717, 1.165) is 37.8 Å². The van der Waals surface area contributed by atoms with Gasteiger partial charge in [0, 0.05) is 24.6 Å². The molecule has 6 atom stereocenters. The highest BCUT2D eigenvalue weighted by atomic mass is 19.4. The molecule has 1 aliphatic heterocycles. The van der Waals surface area contributed by atoms with E-state index in [2.05, 4.69) is 17.5 Å². The number of benzene rings is 2. The predicted molar refractivity (Wildman–Crippen MR) is 144 cm³/mol. The van der Waals surface area contributed by atoms with Gasteiger partial charge in [-0.2, -0.15) is 18.4 Å². The number of nitrogens with zero attached hydrogens (tertiary/aromatic N) is 2. The monoisotopic (exact) mass is 589 g/mol. The van der Waals surface area contributed by atoms with Gasteiger partial charge in [0.05, 0.1) is 23.7 Å². The summed E-state index contributed by atoms with van der Waals surface area (Å²) in [6.45, 7) is 0.592. The van der Waals surface area contributed by atoms with Crippen LogP contribution in [0.15, 0.2) is 42.5 Å². The standard InChI is InChI=1S/C32H33F6N3O/c33-24-13-22(32(36,37)38)14-25(15-24)40-29(42)28-26(5-2-9-41-10-8-31(34,35)18-41)27(28)20-6-7-30(16-23(30)12-20)21-4-1-3-19(11-21)17-39/h1,3-4,11,13-15,20,23,26-28H,2,5-10,12,16,18H2,(H,40,42)/t20-,23?,26?,27?,28?,30-/m1/s1. The number of carbonyl (C=O) groups excluding carboxylic acids is 1. The third-order valence-electron chi connectivity index (χ3n) is 10.2. The summed E-state index contributed by atoms with van der Waals surface area (Å²) in [7, 11) is 0. The molecule has 224 valence electrons. The van der Waals surface area contributed by atoms with Gasteiger partial charge in [-0.15, -0.1) is 0 Å². The molecule has 6 rings (SSSR count). The smallest absolute Gasteiger partial charge is 0.326 e. The summed E-state index contributed by atoms with van der Waals surface area (Å²) in [6.07, 6.45) is 0.214. The van der Waals surface area contributed by atoms with Crippen molar-refractivity contribution in [3.05, 3.63) is 65.0 Å².